The number of aryl methyl sites for hydroxylation is 1. The number of rotatable bonds is 5. The minimum absolute atomic E-state index is 0.203. The molecule has 0 spiro atoms. The standard InChI is InChI=1S/C14H16N2O4S2/c1-9-8-13(16-20-9)15-14(17)10(2)21-11-4-6-12(7-5-11)22(3,18)19/h4-8,10H,1-3H3,(H,15,16,17)/t10-/m0/s1. The van der Waals surface area contributed by atoms with Gasteiger partial charge in [-0.2, -0.15) is 0 Å². The summed E-state index contributed by atoms with van der Waals surface area (Å²) in [5, 5.41) is 6.00. The van der Waals surface area contributed by atoms with Crippen molar-refractivity contribution in [2.45, 2.75) is 28.9 Å². The summed E-state index contributed by atoms with van der Waals surface area (Å²) in [7, 11) is -3.21. The van der Waals surface area contributed by atoms with Gasteiger partial charge in [-0.1, -0.05) is 5.16 Å². The van der Waals surface area contributed by atoms with Crippen molar-refractivity contribution < 1.29 is 17.7 Å². The number of carbonyl (C=O) groups excluding carboxylic acids is 1. The molecule has 0 bridgehead atoms. The van der Waals surface area contributed by atoms with Gasteiger partial charge in [-0.15, -0.1) is 11.8 Å². The molecule has 0 unspecified atom stereocenters. The van der Waals surface area contributed by atoms with Gasteiger partial charge in [-0.3, -0.25) is 4.79 Å². The molecule has 1 atom stereocenters. The maximum atomic E-state index is 12.0. The Morgan fingerprint density at radius 2 is 1.95 bits per heavy atom. The molecule has 22 heavy (non-hydrogen) atoms. The Labute approximate surface area is 133 Å². The Balaban J connectivity index is 1.99. The van der Waals surface area contributed by atoms with Crippen molar-refractivity contribution in [3.05, 3.63) is 36.1 Å². The molecule has 0 saturated heterocycles. The van der Waals surface area contributed by atoms with Gasteiger partial charge in [-0.25, -0.2) is 8.42 Å². The molecule has 0 fully saturated rings. The lowest BCUT2D eigenvalue weighted by Gasteiger charge is -2.10. The Kier molecular flexibility index (Phi) is 4.92. The lowest BCUT2D eigenvalue weighted by Crippen LogP contribution is -2.22. The minimum Gasteiger partial charge on any atom is -0.360 e. The lowest BCUT2D eigenvalue weighted by molar-refractivity contribution is -0.115. The summed E-state index contributed by atoms with van der Waals surface area (Å²) >= 11 is 1.33. The van der Waals surface area contributed by atoms with Crippen molar-refractivity contribution >= 4 is 33.3 Å². The molecule has 0 radical (unpaired) electrons. The van der Waals surface area contributed by atoms with E-state index < -0.39 is 9.84 Å². The maximum Gasteiger partial charge on any atom is 0.238 e. The smallest absolute Gasteiger partial charge is 0.238 e. The van der Waals surface area contributed by atoms with Crippen LogP contribution in [0.1, 0.15) is 12.7 Å². The number of anilines is 1. The lowest BCUT2D eigenvalue weighted by atomic mass is 10.4. The van der Waals surface area contributed by atoms with Crippen LogP contribution < -0.4 is 5.32 Å². The third-order valence-electron chi connectivity index (χ3n) is 2.81. The second-order valence-corrected chi connectivity index (χ2v) is 8.25. The summed E-state index contributed by atoms with van der Waals surface area (Å²) in [6.07, 6.45) is 1.16. The summed E-state index contributed by atoms with van der Waals surface area (Å²) in [5.41, 5.74) is 0. The number of nitrogens with zero attached hydrogens (tertiary/aromatic N) is 1. The molecule has 1 heterocycles. The monoisotopic (exact) mass is 340 g/mol. The van der Waals surface area contributed by atoms with Gasteiger partial charge in [0, 0.05) is 17.2 Å². The first kappa shape index (κ1) is 16.6. The third-order valence-corrected chi connectivity index (χ3v) is 5.05. The third kappa shape index (κ3) is 4.35. The summed E-state index contributed by atoms with van der Waals surface area (Å²) in [6.45, 7) is 3.50. The Bertz CT molecular complexity index is 766. The zero-order valence-electron chi connectivity index (χ0n) is 12.4. The SMILES string of the molecule is Cc1cc(NC(=O)[C@H](C)Sc2ccc(S(C)(=O)=O)cc2)no1. The number of hydrogen-bond acceptors (Lipinski definition) is 6. The average molecular weight is 340 g/mol. The Morgan fingerprint density at radius 3 is 2.45 bits per heavy atom. The molecule has 6 nitrogen and oxygen atoms in total. The van der Waals surface area contributed by atoms with Gasteiger partial charge in [0.25, 0.3) is 0 Å². The number of hydrogen-bond donors (Lipinski definition) is 1. The number of carbonyl (C=O) groups is 1. The number of amides is 1. The van der Waals surface area contributed by atoms with Crippen LogP contribution in [-0.2, 0) is 14.6 Å². The van der Waals surface area contributed by atoms with Crippen LogP contribution in [0.4, 0.5) is 5.82 Å². The van der Waals surface area contributed by atoms with Crippen LogP contribution in [0.15, 0.2) is 44.6 Å². The van der Waals surface area contributed by atoms with Gasteiger partial charge >= 0.3 is 0 Å². The van der Waals surface area contributed by atoms with E-state index in [1.54, 1.807) is 32.0 Å². The first-order valence-electron chi connectivity index (χ1n) is 6.46. The van der Waals surface area contributed by atoms with Crippen molar-refractivity contribution in [3.63, 3.8) is 0 Å². The van der Waals surface area contributed by atoms with Gasteiger partial charge in [-0.05, 0) is 38.1 Å². The fraction of sp³-hybridized carbons (Fsp3) is 0.286. The van der Waals surface area contributed by atoms with Crippen molar-refractivity contribution in [1.29, 1.82) is 0 Å². The number of benzene rings is 1. The molecule has 0 saturated carbocycles. The summed E-state index contributed by atoms with van der Waals surface area (Å²) in [5.74, 6) is 0.792. The highest BCUT2D eigenvalue weighted by molar-refractivity contribution is 8.00. The predicted octanol–water partition coefficient (Wildman–Crippen LogP) is 2.51. The van der Waals surface area contributed by atoms with Crippen molar-refractivity contribution in [2.75, 3.05) is 11.6 Å². The van der Waals surface area contributed by atoms with Gasteiger partial charge in [0.1, 0.15) is 5.76 Å². The first-order chi connectivity index (χ1) is 10.3. The normalized spacial score (nSPS) is 12.9. The van der Waals surface area contributed by atoms with E-state index in [1.807, 2.05) is 0 Å². The van der Waals surface area contributed by atoms with Gasteiger partial charge < -0.3 is 9.84 Å². The molecular formula is C14H16N2O4S2. The van der Waals surface area contributed by atoms with E-state index in [4.69, 9.17) is 4.52 Å². The molecule has 8 heteroatoms. The quantitative estimate of drug-likeness (QED) is 0.841. The zero-order valence-corrected chi connectivity index (χ0v) is 14.0. The highest BCUT2D eigenvalue weighted by Crippen LogP contribution is 2.25. The van der Waals surface area contributed by atoms with Crippen LogP contribution in [0.2, 0.25) is 0 Å². The second-order valence-electron chi connectivity index (χ2n) is 4.82. The molecule has 0 aliphatic heterocycles. The van der Waals surface area contributed by atoms with Crippen molar-refractivity contribution in [2.24, 2.45) is 0 Å². The molecular weight excluding hydrogens is 324 g/mol. The summed E-state index contributed by atoms with van der Waals surface area (Å²) in [6, 6.07) is 8.07. The topological polar surface area (TPSA) is 89.3 Å². The molecule has 1 aromatic carbocycles. The molecule has 0 aliphatic carbocycles. The van der Waals surface area contributed by atoms with Crippen LogP contribution >= 0.6 is 11.8 Å². The average Bonchev–Trinajstić information content (AvgIpc) is 2.83. The summed E-state index contributed by atoms with van der Waals surface area (Å²) < 4.78 is 27.7. The highest BCUT2D eigenvalue weighted by Gasteiger charge is 2.16. The Morgan fingerprint density at radius 1 is 1.32 bits per heavy atom. The number of aromatic nitrogens is 1. The largest absolute Gasteiger partial charge is 0.360 e. The molecule has 2 aromatic rings. The number of sulfone groups is 1. The van der Waals surface area contributed by atoms with Gasteiger partial charge in [0.15, 0.2) is 15.7 Å². The predicted molar refractivity (Wildman–Crippen MR) is 84.7 cm³/mol. The fourth-order valence-corrected chi connectivity index (χ4v) is 3.17. The van der Waals surface area contributed by atoms with E-state index in [0.717, 1.165) is 11.2 Å². The molecule has 2 rings (SSSR count). The Hall–Kier alpha value is -1.80. The van der Waals surface area contributed by atoms with E-state index in [2.05, 4.69) is 10.5 Å². The molecule has 118 valence electrons. The van der Waals surface area contributed by atoms with E-state index in [-0.39, 0.29) is 16.1 Å². The molecule has 0 aliphatic rings. The fourth-order valence-electron chi connectivity index (χ4n) is 1.68. The van der Waals surface area contributed by atoms with Crippen LogP contribution in [0.5, 0.6) is 0 Å². The highest BCUT2D eigenvalue weighted by atomic mass is 32.2. The van der Waals surface area contributed by atoms with E-state index in [1.165, 1.54) is 23.9 Å². The van der Waals surface area contributed by atoms with E-state index >= 15 is 0 Å². The number of nitrogens with one attached hydrogen (secondary N) is 1. The molecule has 1 aromatic heterocycles. The summed E-state index contributed by atoms with van der Waals surface area (Å²) in [4.78, 5) is 13.1. The van der Waals surface area contributed by atoms with Crippen LogP contribution in [0.3, 0.4) is 0 Å². The van der Waals surface area contributed by atoms with Crippen LogP contribution in [0, 0.1) is 6.92 Å². The zero-order chi connectivity index (χ0) is 16.3. The van der Waals surface area contributed by atoms with Crippen molar-refractivity contribution in [3.8, 4) is 0 Å². The second kappa shape index (κ2) is 6.53. The number of thioether (sulfide) groups is 1. The minimum atomic E-state index is -3.21. The van der Waals surface area contributed by atoms with Crippen LogP contribution in [-0.4, -0.2) is 31.0 Å². The van der Waals surface area contributed by atoms with E-state index in [0.29, 0.717) is 11.6 Å². The maximum absolute atomic E-state index is 12.0. The molecule has 1 N–H and O–H groups in total. The van der Waals surface area contributed by atoms with Gasteiger partial charge in [0.05, 0.1) is 10.1 Å². The first-order valence-corrected chi connectivity index (χ1v) is 9.24. The van der Waals surface area contributed by atoms with Crippen LogP contribution in [0.25, 0.3) is 0 Å². The molecule has 1 amide bonds. The van der Waals surface area contributed by atoms with E-state index in [9.17, 15) is 13.2 Å². The van der Waals surface area contributed by atoms with Gasteiger partial charge in [0.2, 0.25) is 5.91 Å². The van der Waals surface area contributed by atoms with Crippen molar-refractivity contribution in [1.82, 2.24) is 5.16 Å².